The smallest absolute Gasteiger partial charge is 0.227 e. The van der Waals surface area contributed by atoms with Gasteiger partial charge in [0, 0.05) is 18.2 Å². The number of nitrogens with zero attached hydrogens (tertiary/aromatic N) is 1. The lowest BCUT2D eigenvalue weighted by Gasteiger charge is -2.20. The van der Waals surface area contributed by atoms with Gasteiger partial charge in [0.15, 0.2) is 5.96 Å². The maximum atomic E-state index is 12.3. The van der Waals surface area contributed by atoms with Crippen molar-refractivity contribution in [1.82, 2.24) is 5.32 Å². The molecular weight excluding hydrogens is 439 g/mol. The number of guanidine groups is 1. The number of carbonyl (C=O) groups is 1. The van der Waals surface area contributed by atoms with Crippen LogP contribution in [0.2, 0.25) is 0 Å². The molecule has 0 unspecified atom stereocenters. The number of hydrogen-bond donors (Lipinski definition) is 3. The third kappa shape index (κ3) is 8.38. The number of aliphatic imine (C=N–C) groups is 1. The summed E-state index contributed by atoms with van der Waals surface area (Å²) in [6.45, 7) is 5.71. The maximum Gasteiger partial charge on any atom is 0.227 e. The monoisotopic (exact) mass is 472 g/mol. The number of halogens is 1. The number of benzene rings is 1. The average molecular weight is 472 g/mol. The first-order valence-corrected chi connectivity index (χ1v) is 9.48. The van der Waals surface area contributed by atoms with E-state index in [9.17, 15) is 4.79 Å². The largest absolute Gasteiger partial charge is 0.370 e. The predicted octanol–water partition coefficient (Wildman–Crippen LogP) is 4.27. The summed E-state index contributed by atoms with van der Waals surface area (Å²) in [7, 11) is 0. The molecule has 1 fully saturated rings. The second kappa shape index (κ2) is 12.1. The van der Waals surface area contributed by atoms with Gasteiger partial charge in [-0.25, -0.2) is 4.99 Å². The molecule has 0 saturated heterocycles. The van der Waals surface area contributed by atoms with Gasteiger partial charge in [0.05, 0.1) is 6.54 Å². The first kappa shape index (κ1) is 22.7. The van der Waals surface area contributed by atoms with Crippen LogP contribution in [0.15, 0.2) is 29.3 Å². The molecule has 0 atom stereocenters. The number of hydrogen-bond acceptors (Lipinski definition) is 2. The molecule has 26 heavy (non-hydrogen) atoms. The summed E-state index contributed by atoms with van der Waals surface area (Å²) < 4.78 is 0. The molecule has 0 bridgehead atoms. The highest BCUT2D eigenvalue weighted by Crippen LogP contribution is 2.25. The number of nitrogens with two attached hydrogens (primary N) is 1. The number of nitrogens with one attached hydrogen (secondary N) is 2. The van der Waals surface area contributed by atoms with Gasteiger partial charge >= 0.3 is 0 Å². The zero-order valence-electron chi connectivity index (χ0n) is 16.0. The Labute approximate surface area is 174 Å². The van der Waals surface area contributed by atoms with Gasteiger partial charge in [0.1, 0.15) is 0 Å². The molecular formula is C20H33IN4O. The van der Waals surface area contributed by atoms with Crippen molar-refractivity contribution in [2.45, 2.75) is 58.9 Å². The quantitative estimate of drug-likeness (QED) is 0.315. The van der Waals surface area contributed by atoms with E-state index in [4.69, 9.17) is 5.73 Å². The van der Waals surface area contributed by atoms with Gasteiger partial charge in [-0.15, -0.1) is 24.0 Å². The summed E-state index contributed by atoms with van der Waals surface area (Å²) in [6.07, 6.45) is 6.66. The van der Waals surface area contributed by atoms with E-state index >= 15 is 0 Å². The van der Waals surface area contributed by atoms with Crippen molar-refractivity contribution < 1.29 is 4.79 Å². The summed E-state index contributed by atoms with van der Waals surface area (Å²) in [5.41, 5.74) is 7.77. The molecule has 1 amide bonds. The fourth-order valence-electron chi connectivity index (χ4n) is 3.08. The van der Waals surface area contributed by atoms with E-state index in [1.807, 2.05) is 24.3 Å². The zero-order valence-corrected chi connectivity index (χ0v) is 18.3. The summed E-state index contributed by atoms with van der Waals surface area (Å²) in [5.74, 6) is 1.42. The van der Waals surface area contributed by atoms with Crippen molar-refractivity contribution in [2.24, 2.45) is 22.6 Å². The van der Waals surface area contributed by atoms with E-state index in [2.05, 4.69) is 29.5 Å². The average Bonchev–Trinajstić information content (AvgIpc) is 2.61. The van der Waals surface area contributed by atoms with Gasteiger partial charge in [-0.2, -0.15) is 0 Å². The molecule has 2 rings (SSSR count). The fourth-order valence-corrected chi connectivity index (χ4v) is 3.08. The van der Waals surface area contributed by atoms with Crippen LogP contribution in [0, 0.1) is 11.8 Å². The lowest BCUT2D eigenvalue weighted by atomic mass is 9.88. The normalized spacial score (nSPS) is 15.4. The highest BCUT2D eigenvalue weighted by molar-refractivity contribution is 14.0. The van der Waals surface area contributed by atoms with Gasteiger partial charge in [0.25, 0.3) is 0 Å². The molecule has 0 spiro atoms. The van der Waals surface area contributed by atoms with Gasteiger partial charge < -0.3 is 16.4 Å². The molecule has 146 valence electrons. The van der Waals surface area contributed by atoms with Crippen molar-refractivity contribution in [1.29, 1.82) is 0 Å². The van der Waals surface area contributed by atoms with E-state index in [0.717, 1.165) is 49.9 Å². The topological polar surface area (TPSA) is 79.5 Å². The predicted molar refractivity (Wildman–Crippen MR) is 120 cm³/mol. The Hall–Kier alpha value is -1.31. The van der Waals surface area contributed by atoms with E-state index in [0.29, 0.717) is 18.4 Å². The van der Waals surface area contributed by atoms with Gasteiger partial charge in [-0.3, -0.25) is 4.79 Å². The summed E-state index contributed by atoms with van der Waals surface area (Å²) in [6, 6.07) is 7.86. The molecule has 1 saturated carbocycles. The van der Waals surface area contributed by atoms with Crippen LogP contribution in [-0.4, -0.2) is 18.4 Å². The second-order valence-electron chi connectivity index (χ2n) is 7.34. The number of anilines is 1. The Balaban J connectivity index is 0.00000338. The molecule has 1 aromatic rings. The highest BCUT2D eigenvalue weighted by Gasteiger charge is 2.20. The number of rotatable bonds is 7. The molecule has 1 aliphatic rings. The number of carbonyl (C=O) groups excluding carboxylic acids is 1. The Kier molecular flexibility index (Phi) is 10.6. The molecule has 0 aliphatic heterocycles. The van der Waals surface area contributed by atoms with Crippen LogP contribution in [0.3, 0.4) is 0 Å². The zero-order chi connectivity index (χ0) is 18.1. The van der Waals surface area contributed by atoms with Crippen molar-refractivity contribution in [3.63, 3.8) is 0 Å². The molecule has 6 heteroatoms. The summed E-state index contributed by atoms with van der Waals surface area (Å²) >= 11 is 0. The second-order valence-corrected chi connectivity index (χ2v) is 7.34. The van der Waals surface area contributed by atoms with Crippen molar-refractivity contribution in [3.8, 4) is 0 Å². The van der Waals surface area contributed by atoms with Crippen LogP contribution in [0.1, 0.15) is 57.9 Å². The first-order chi connectivity index (χ1) is 12.0. The third-order valence-corrected chi connectivity index (χ3v) is 4.63. The molecule has 0 radical (unpaired) electrons. The SMILES string of the molecule is CC(C)CCNC(N)=NCc1cccc(NC(=O)C2CCCCC2)c1.I. The third-order valence-electron chi connectivity index (χ3n) is 4.63. The van der Waals surface area contributed by atoms with E-state index in [-0.39, 0.29) is 35.8 Å². The van der Waals surface area contributed by atoms with Crippen LogP contribution < -0.4 is 16.4 Å². The van der Waals surface area contributed by atoms with E-state index in [1.165, 1.54) is 6.42 Å². The molecule has 4 N–H and O–H groups in total. The molecule has 0 heterocycles. The van der Waals surface area contributed by atoms with Crippen LogP contribution in [-0.2, 0) is 11.3 Å². The van der Waals surface area contributed by atoms with Crippen LogP contribution >= 0.6 is 24.0 Å². The van der Waals surface area contributed by atoms with Crippen molar-refractivity contribution >= 4 is 41.5 Å². The standard InChI is InChI=1S/C20H32N4O.HI/c1-15(2)11-12-22-20(21)23-14-16-7-6-10-18(13-16)24-19(25)17-8-4-3-5-9-17;/h6-7,10,13,15,17H,3-5,8-9,11-12,14H2,1-2H3,(H,24,25)(H3,21,22,23);1H. The van der Waals surface area contributed by atoms with Crippen LogP contribution in [0.4, 0.5) is 5.69 Å². The lowest BCUT2D eigenvalue weighted by molar-refractivity contribution is -0.120. The fraction of sp³-hybridized carbons (Fsp3) is 0.600. The highest BCUT2D eigenvalue weighted by atomic mass is 127. The van der Waals surface area contributed by atoms with Crippen molar-refractivity contribution in [3.05, 3.63) is 29.8 Å². The van der Waals surface area contributed by atoms with E-state index in [1.54, 1.807) is 0 Å². The number of amides is 1. The first-order valence-electron chi connectivity index (χ1n) is 9.48. The minimum atomic E-state index is 0. The minimum absolute atomic E-state index is 0. The molecule has 1 aromatic carbocycles. The summed E-state index contributed by atoms with van der Waals surface area (Å²) in [4.78, 5) is 16.7. The Bertz CT molecular complexity index is 583. The minimum Gasteiger partial charge on any atom is -0.370 e. The van der Waals surface area contributed by atoms with Crippen LogP contribution in [0.25, 0.3) is 0 Å². The molecule has 5 nitrogen and oxygen atoms in total. The molecule has 1 aliphatic carbocycles. The molecule has 0 aromatic heterocycles. The maximum absolute atomic E-state index is 12.3. The van der Waals surface area contributed by atoms with Crippen molar-refractivity contribution in [2.75, 3.05) is 11.9 Å². The summed E-state index contributed by atoms with van der Waals surface area (Å²) in [5, 5.41) is 6.18. The van der Waals surface area contributed by atoms with Gasteiger partial charge in [-0.05, 0) is 42.9 Å². The Morgan fingerprint density at radius 3 is 2.69 bits per heavy atom. The Morgan fingerprint density at radius 1 is 1.27 bits per heavy atom. The Morgan fingerprint density at radius 2 is 2.00 bits per heavy atom. The van der Waals surface area contributed by atoms with Gasteiger partial charge in [-0.1, -0.05) is 45.2 Å². The lowest BCUT2D eigenvalue weighted by Crippen LogP contribution is -2.32. The van der Waals surface area contributed by atoms with Gasteiger partial charge in [0.2, 0.25) is 5.91 Å². The van der Waals surface area contributed by atoms with Crippen LogP contribution in [0.5, 0.6) is 0 Å². The van der Waals surface area contributed by atoms with E-state index < -0.39 is 0 Å².